The van der Waals surface area contributed by atoms with Crippen LogP contribution in [0.2, 0.25) is 0 Å². The predicted octanol–water partition coefficient (Wildman–Crippen LogP) is 4.44. The molecular weight excluding hydrogens is 390 g/mol. The van der Waals surface area contributed by atoms with Crippen LogP contribution >= 0.6 is 11.3 Å². The molecule has 0 fully saturated rings. The Morgan fingerprint density at radius 1 is 1.28 bits per heavy atom. The van der Waals surface area contributed by atoms with Crippen molar-refractivity contribution in [1.82, 2.24) is 0 Å². The third kappa shape index (κ3) is 5.05. The van der Waals surface area contributed by atoms with Crippen molar-refractivity contribution in [3.8, 4) is 5.75 Å². The summed E-state index contributed by atoms with van der Waals surface area (Å²) in [6, 6.07) is 7.36. The van der Waals surface area contributed by atoms with E-state index in [1.165, 1.54) is 17.4 Å². The third-order valence-electron chi connectivity index (χ3n) is 4.55. The number of ether oxygens (including phenoxy) is 3. The first-order valence-corrected chi connectivity index (χ1v) is 10.2. The van der Waals surface area contributed by atoms with Gasteiger partial charge in [0.15, 0.2) is 0 Å². The summed E-state index contributed by atoms with van der Waals surface area (Å²) in [6.07, 6.45) is 3.74. The average molecular weight is 416 g/mol. The Morgan fingerprint density at radius 3 is 2.66 bits per heavy atom. The lowest BCUT2D eigenvalue weighted by atomic mass is 9.93. The fraction of sp³-hybridized carbons (Fsp3) is 0.364. The maximum Gasteiger partial charge on any atom is 0.341 e. The summed E-state index contributed by atoms with van der Waals surface area (Å²) in [5, 5.41) is 3.34. The normalized spacial score (nSPS) is 15.0. The lowest BCUT2D eigenvalue weighted by molar-refractivity contribution is -0.111. The van der Waals surface area contributed by atoms with E-state index in [0.29, 0.717) is 23.6 Å². The molecule has 3 rings (SSSR count). The van der Waals surface area contributed by atoms with Gasteiger partial charge in [0.2, 0.25) is 5.91 Å². The molecule has 6 nitrogen and oxygen atoms in total. The summed E-state index contributed by atoms with van der Waals surface area (Å²) in [7, 11) is 1.60. The molecule has 0 atom stereocenters. The van der Waals surface area contributed by atoms with Crippen LogP contribution in [0.4, 0.5) is 5.00 Å². The molecule has 2 heterocycles. The standard InChI is InChI=1S/C22H25NO5S/c1-5-27-21(25)19-16-12-22(2,3)28-13-17(16)29-20(19)23-18(24)11-8-14-6-9-15(26-4)10-7-14/h6-11H,5,12-13H2,1-4H3,(H,23,24)/b11-8+. The molecule has 0 unspecified atom stereocenters. The van der Waals surface area contributed by atoms with Crippen LogP contribution in [0.5, 0.6) is 5.75 Å². The first-order chi connectivity index (χ1) is 13.8. The van der Waals surface area contributed by atoms with E-state index in [2.05, 4.69) is 5.32 Å². The van der Waals surface area contributed by atoms with Crippen molar-refractivity contribution in [2.45, 2.75) is 39.4 Å². The van der Waals surface area contributed by atoms with Crippen LogP contribution in [0.25, 0.3) is 6.08 Å². The zero-order valence-corrected chi connectivity index (χ0v) is 17.9. The number of thiophene rings is 1. The Bertz CT molecular complexity index is 927. The van der Waals surface area contributed by atoms with E-state index in [4.69, 9.17) is 14.2 Å². The minimum Gasteiger partial charge on any atom is -0.497 e. The summed E-state index contributed by atoms with van der Waals surface area (Å²) in [5.74, 6) is 0.0160. The maximum absolute atomic E-state index is 12.6. The molecule has 1 aromatic carbocycles. The average Bonchev–Trinajstić information content (AvgIpc) is 3.02. The smallest absolute Gasteiger partial charge is 0.341 e. The van der Waals surface area contributed by atoms with Gasteiger partial charge in [-0.3, -0.25) is 4.79 Å². The van der Waals surface area contributed by atoms with Crippen LogP contribution < -0.4 is 10.1 Å². The summed E-state index contributed by atoms with van der Waals surface area (Å²) < 4.78 is 16.2. The molecule has 1 aromatic heterocycles. The molecule has 154 valence electrons. The van der Waals surface area contributed by atoms with Gasteiger partial charge in [0.1, 0.15) is 10.8 Å². The summed E-state index contributed by atoms with van der Waals surface area (Å²) in [4.78, 5) is 26.0. The minimum atomic E-state index is -0.419. The fourth-order valence-electron chi connectivity index (χ4n) is 3.10. The molecule has 0 radical (unpaired) electrons. The number of carbonyl (C=O) groups excluding carboxylic acids is 2. The summed E-state index contributed by atoms with van der Waals surface area (Å²) in [6.45, 7) is 6.42. The molecule has 1 amide bonds. The molecule has 1 aliphatic rings. The first kappa shape index (κ1) is 21.1. The highest BCUT2D eigenvalue weighted by Crippen LogP contribution is 2.40. The van der Waals surface area contributed by atoms with Crippen LogP contribution in [0.15, 0.2) is 30.3 Å². The molecule has 1 N–H and O–H groups in total. The fourth-order valence-corrected chi connectivity index (χ4v) is 4.22. The van der Waals surface area contributed by atoms with E-state index in [-0.39, 0.29) is 18.1 Å². The monoisotopic (exact) mass is 415 g/mol. The molecule has 2 aromatic rings. The quantitative estimate of drug-likeness (QED) is 0.558. The van der Waals surface area contributed by atoms with Crippen LogP contribution in [-0.2, 0) is 27.3 Å². The zero-order chi connectivity index (χ0) is 21.0. The van der Waals surface area contributed by atoms with E-state index in [0.717, 1.165) is 21.8 Å². The lowest BCUT2D eigenvalue weighted by Crippen LogP contribution is -2.32. The van der Waals surface area contributed by atoms with E-state index in [1.807, 2.05) is 38.1 Å². The number of benzene rings is 1. The van der Waals surface area contributed by atoms with Gasteiger partial charge < -0.3 is 19.5 Å². The number of rotatable bonds is 6. The molecule has 7 heteroatoms. The highest BCUT2D eigenvalue weighted by atomic mass is 32.1. The molecule has 0 aliphatic carbocycles. The van der Waals surface area contributed by atoms with Crippen molar-refractivity contribution in [3.63, 3.8) is 0 Å². The van der Waals surface area contributed by atoms with E-state index in [1.54, 1.807) is 20.1 Å². The van der Waals surface area contributed by atoms with Crippen LogP contribution in [0.3, 0.4) is 0 Å². The number of hydrogen-bond acceptors (Lipinski definition) is 6. The van der Waals surface area contributed by atoms with Gasteiger partial charge in [0.25, 0.3) is 0 Å². The molecule has 0 bridgehead atoms. The van der Waals surface area contributed by atoms with Gasteiger partial charge in [0.05, 0.1) is 31.5 Å². The highest BCUT2D eigenvalue weighted by molar-refractivity contribution is 7.17. The molecule has 0 saturated carbocycles. The van der Waals surface area contributed by atoms with Crippen LogP contribution in [0, 0.1) is 0 Å². The Labute approximate surface area is 174 Å². The number of anilines is 1. The van der Waals surface area contributed by atoms with Crippen molar-refractivity contribution < 1.29 is 23.8 Å². The second kappa shape index (κ2) is 8.80. The number of fused-ring (bicyclic) bond motifs is 1. The van der Waals surface area contributed by atoms with Crippen molar-refractivity contribution in [2.24, 2.45) is 0 Å². The predicted molar refractivity (Wildman–Crippen MR) is 114 cm³/mol. The topological polar surface area (TPSA) is 73.9 Å². The van der Waals surface area contributed by atoms with E-state index < -0.39 is 5.97 Å². The highest BCUT2D eigenvalue weighted by Gasteiger charge is 2.34. The second-order valence-electron chi connectivity index (χ2n) is 7.25. The molecule has 29 heavy (non-hydrogen) atoms. The van der Waals surface area contributed by atoms with Gasteiger partial charge in [-0.15, -0.1) is 11.3 Å². The molecule has 1 aliphatic heterocycles. The Morgan fingerprint density at radius 2 is 2.00 bits per heavy atom. The van der Waals surface area contributed by atoms with Crippen LogP contribution in [-0.4, -0.2) is 31.2 Å². The maximum atomic E-state index is 12.6. The summed E-state index contributed by atoms with van der Waals surface area (Å²) in [5.41, 5.74) is 1.84. The lowest BCUT2D eigenvalue weighted by Gasteiger charge is -2.30. The SMILES string of the molecule is CCOC(=O)c1c(NC(=O)/C=C/c2ccc(OC)cc2)sc2c1CC(C)(C)OC2. The second-order valence-corrected chi connectivity index (χ2v) is 8.35. The number of carbonyl (C=O) groups is 2. The van der Waals surface area contributed by atoms with Crippen LogP contribution in [0.1, 0.15) is 47.1 Å². The zero-order valence-electron chi connectivity index (χ0n) is 17.0. The molecule has 0 spiro atoms. The Hall–Kier alpha value is -2.64. The Balaban J connectivity index is 1.82. The van der Waals surface area contributed by atoms with Gasteiger partial charge in [-0.1, -0.05) is 12.1 Å². The largest absolute Gasteiger partial charge is 0.497 e. The van der Waals surface area contributed by atoms with E-state index >= 15 is 0 Å². The summed E-state index contributed by atoms with van der Waals surface area (Å²) >= 11 is 1.36. The minimum absolute atomic E-state index is 0.272. The van der Waals surface area contributed by atoms with Crippen molar-refractivity contribution in [2.75, 3.05) is 19.0 Å². The van der Waals surface area contributed by atoms with Gasteiger partial charge >= 0.3 is 5.97 Å². The molecular formula is C22H25NO5S. The number of hydrogen-bond donors (Lipinski definition) is 1. The van der Waals surface area contributed by atoms with Gasteiger partial charge in [-0.25, -0.2) is 4.79 Å². The molecule has 0 saturated heterocycles. The number of amides is 1. The Kier molecular flexibility index (Phi) is 6.39. The van der Waals surface area contributed by atoms with Gasteiger partial charge in [-0.2, -0.15) is 0 Å². The first-order valence-electron chi connectivity index (χ1n) is 9.41. The number of methoxy groups -OCH3 is 1. The van der Waals surface area contributed by atoms with Gasteiger partial charge in [0, 0.05) is 17.4 Å². The van der Waals surface area contributed by atoms with Crippen molar-refractivity contribution in [3.05, 3.63) is 51.9 Å². The van der Waals surface area contributed by atoms with Gasteiger partial charge in [-0.05, 0) is 50.1 Å². The number of nitrogens with one attached hydrogen (secondary N) is 1. The van der Waals surface area contributed by atoms with Crippen molar-refractivity contribution >= 4 is 34.3 Å². The number of esters is 1. The third-order valence-corrected chi connectivity index (χ3v) is 5.67. The van der Waals surface area contributed by atoms with E-state index in [9.17, 15) is 9.59 Å². The van der Waals surface area contributed by atoms with Crippen molar-refractivity contribution in [1.29, 1.82) is 0 Å².